The largest absolute Gasteiger partial charge is 0.455 e. The summed E-state index contributed by atoms with van der Waals surface area (Å²) in [5.74, 6) is 1.25. The number of carbonyl (C=O) groups is 1. The number of anilines is 1. The number of nitrogens with one attached hydrogen (secondary N) is 1. The van der Waals surface area contributed by atoms with Crippen LogP contribution in [-0.4, -0.2) is 16.9 Å². The van der Waals surface area contributed by atoms with Gasteiger partial charge in [0.2, 0.25) is 5.91 Å². The number of pyridine rings is 1. The minimum Gasteiger partial charge on any atom is -0.455 e. The Labute approximate surface area is 129 Å². The zero-order chi connectivity index (χ0) is 15.4. The third-order valence-corrected chi connectivity index (χ3v) is 3.85. The van der Waals surface area contributed by atoms with Crippen molar-refractivity contribution in [1.82, 2.24) is 4.98 Å². The predicted molar refractivity (Wildman–Crippen MR) is 84.7 cm³/mol. The van der Waals surface area contributed by atoms with Crippen molar-refractivity contribution in [3.63, 3.8) is 0 Å². The fourth-order valence-corrected chi connectivity index (χ4v) is 2.67. The second-order valence-corrected chi connectivity index (χ2v) is 5.55. The molecule has 5 nitrogen and oxygen atoms in total. The lowest BCUT2D eigenvalue weighted by Crippen LogP contribution is -2.23. The molecule has 1 aliphatic rings. The fraction of sp³-hybridized carbons (Fsp3) is 0.294. The van der Waals surface area contributed by atoms with Crippen LogP contribution in [0.2, 0.25) is 0 Å². The SMILES string of the molecule is NC1CCC(C(=O)Nc2cnccc2Oc2ccccc2)C1. The Morgan fingerprint density at radius 3 is 2.77 bits per heavy atom. The van der Waals surface area contributed by atoms with Crippen molar-refractivity contribution in [1.29, 1.82) is 0 Å². The van der Waals surface area contributed by atoms with Crippen molar-refractivity contribution in [2.45, 2.75) is 25.3 Å². The van der Waals surface area contributed by atoms with E-state index in [1.807, 2.05) is 30.3 Å². The molecule has 1 aliphatic carbocycles. The maximum absolute atomic E-state index is 12.3. The number of rotatable bonds is 4. The minimum atomic E-state index is -0.0280. The van der Waals surface area contributed by atoms with Crippen molar-refractivity contribution in [2.75, 3.05) is 5.32 Å². The molecule has 114 valence electrons. The van der Waals surface area contributed by atoms with Gasteiger partial charge in [0.05, 0.1) is 6.20 Å². The molecule has 0 radical (unpaired) electrons. The van der Waals surface area contributed by atoms with E-state index < -0.39 is 0 Å². The van der Waals surface area contributed by atoms with E-state index in [1.165, 1.54) is 0 Å². The summed E-state index contributed by atoms with van der Waals surface area (Å²) in [6.07, 6.45) is 5.71. The monoisotopic (exact) mass is 297 g/mol. The zero-order valence-corrected chi connectivity index (χ0v) is 12.2. The predicted octanol–water partition coefficient (Wildman–Crippen LogP) is 2.94. The van der Waals surface area contributed by atoms with E-state index in [0.29, 0.717) is 17.2 Å². The molecule has 1 amide bonds. The minimum absolute atomic E-state index is 0.0149. The van der Waals surface area contributed by atoms with Crippen molar-refractivity contribution in [2.24, 2.45) is 11.7 Å². The van der Waals surface area contributed by atoms with E-state index >= 15 is 0 Å². The van der Waals surface area contributed by atoms with E-state index in [9.17, 15) is 4.79 Å². The number of hydrogen-bond acceptors (Lipinski definition) is 4. The third kappa shape index (κ3) is 3.43. The first-order chi connectivity index (χ1) is 10.7. The van der Waals surface area contributed by atoms with Crippen LogP contribution in [0, 0.1) is 5.92 Å². The normalized spacial score (nSPS) is 20.6. The topological polar surface area (TPSA) is 77.2 Å². The van der Waals surface area contributed by atoms with Gasteiger partial charge in [-0.05, 0) is 31.4 Å². The van der Waals surface area contributed by atoms with Crippen LogP contribution in [0.25, 0.3) is 0 Å². The molecule has 1 aromatic heterocycles. The van der Waals surface area contributed by atoms with E-state index in [4.69, 9.17) is 10.5 Å². The van der Waals surface area contributed by atoms with Crippen LogP contribution in [0.1, 0.15) is 19.3 Å². The Hall–Kier alpha value is -2.40. The summed E-state index contributed by atoms with van der Waals surface area (Å²) >= 11 is 0. The third-order valence-electron chi connectivity index (χ3n) is 3.85. The van der Waals surface area contributed by atoms with Crippen molar-refractivity contribution in [3.8, 4) is 11.5 Å². The first kappa shape index (κ1) is 14.5. The van der Waals surface area contributed by atoms with Gasteiger partial charge in [-0.1, -0.05) is 18.2 Å². The van der Waals surface area contributed by atoms with Crippen LogP contribution < -0.4 is 15.8 Å². The summed E-state index contributed by atoms with van der Waals surface area (Å²) in [5.41, 5.74) is 6.45. The number of nitrogens with two attached hydrogens (primary N) is 1. The Balaban J connectivity index is 1.72. The summed E-state index contributed by atoms with van der Waals surface area (Å²) in [6, 6.07) is 11.3. The second kappa shape index (κ2) is 6.58. The van der Waals surface area contributed by atoms with Crippen LogP contribution >= 0.6 is 0 Å². The smallest absolute Gasteiger partial charge is 0.227 e. The van der Waals surface area contributed by atoms with Crippen LogP contribution in [0.4, 0.5) is 5.69 Å². The summed E-state index contributed by atoms with van der Waals surface area (Å²) in [7, 11) is 0. The van der Waals surface area contributed by atoms with Crippen LogP contribution in [0.15, 0.2) is 48.8 Å². The molecule has 1 fully saturated rings. The van der Waals surface area contributed by atoms with Crippen molar-refractivity contribution in [3.05, 3.63) is 48.8 Å². The van der Waals surface area contributed by atoms with E-state index in [2.05, 4.69) is 10.3 Å². The van der Waals surface area contributed by atoms with Crippen LogP contribution in [0.5, 0.6) is 11.5 Å². The molecular weight excluding hydrogens is 278 g/mol. The molecule has 3 N–H and O–H groups in total. The van der Waals surface area contributed by atoms with Gasteiger partial charge in [0.15, 0.2) is 5.75 Å². The highest BCUT2D eigenvalue weighted by atomic mass is 16.5. The lowest BCUT2D eigenvalue weighted by molar-refractivity contribution is -0.119. The van der Waals surface area contributed by atoms with E-state index in [0.717, 1.165) is 19.3 Å². The quantitative estimate of drug-likeness (QED) is 0.909. The summed E-state index contributed by atoms with van der Waals surface area (Å²) in [5, 5.41) is 2.91. The zero-order valence-electron chi connectivity index (χ0n) is 12.2. The molecule has 1 aromatic carbocycles. The molecule has 1 heterocycles. The average Bonchev–Trinajstić information content (AvgIpc) is 2.97. The molecule has 0 spiro atoms. The number of nitrogens with zero attached hydrogens (tertiary/aromatic N) is 1. The standard InChI is InChI=1S/C17H19N3O2/c18-13-7-6-12(10-13)17(21)20-15-11-19-9-8-16(15)22-14-4-2-1-3-5-14/h1-5,8-9,11-13H,6-7,10,18H2,(H,20,21). The number of hydrogen-bond donors (Lipinski definition) is 2. The molecule has 22 heavy (non-hydrogen) atoms. The lowest BCUT2D eigenvalue weighted by atomic mass is 10.1. The van der Waals surface area contributed by atoms with E-state index in [1.54, 1.807) is 18.5 Å². The van der Waals surface area contributed by atoms with Gasteiger partial charge in [-0.15, -0.1) is 0 Å². The molecule has 3 rings (SSSR count). The lowest BCUT2D eigenvalue weighted by Gasteiger charge is -2.14. The Morgan fingerprint density at radius 1 is 1.23 bits per heavy atom. The van der Waals surface area contributed by atoms with Crippen LogP contribution in [-0.2, 0) is 4.79 Å². The van der Waals surface area contributed by atoms with Gasteiger partial charge in [0, 0.05) is 24.2 Å². The molecule has 0 bridgehead atoms. The van der Waals surface area contributed by atoms with Crippen molar-refractivity contribution >= 4 is 11.6 Å². The number of aromatic nitrogens is 1. The van der Waals surface area contributed by atoms with Gasteiger partial charge in [-0.3, -0.25) is 9.78 Å². The number of para-hydroxylation sites is 1. The van der Waals surface area contributed by atoms with Gasteiger partial charge in [0.1, 0.15) is 11.4 Å². The maximum Gasteiger partial charge on any atom is 0.227 e. The molecule has 2 atom stereocenters. The molecule has 5 heteroatoms. The Kier molecular flexibility index (Phi) is 4.34. The maximum atomic E-state index is 12.3. The summed E-state index contributed by atoms with van der Waals surface area (Å²) < 4.78 is 5.81. The van der Waals surface area contributed by atoms with Crippen molar-refractivity contribution < 1.29 is 9.53 Å². The number of amides is 1. The Morgan fingerprint density at radius 2 is 2.05 bits per heavy atom. The van der Waals surface area contributed by atoms with Gasteiger partial charge >= 0.3 is 0 Å². The molecule has 1 saturated carbocycles. The Bertz CT molecular complexity index is 645. The summed E-state index contributed by atoms with van der Waals surface area (Å²) in [4.78, 5) is 16.4. The average molecular weight is 297 g/mol. The highest BCUT2D eigenvalue weighted by molar-refractivity contribution is 5.94. The molecule has 2 unspecified atom stereocenters. The molecule has 0 aliphatic heterocycles. The van der Waals surface area contributed by atoms with E-state index in [-0.39, 0.29) is 17.9 Å². The fourth-order valence-electron chi connectivity index (χ4n) is 2.67. The first-order valence-electron chi connectivity index (χ1n) is 7.46. The van der Waals surface area contributed by atoms with Gasteiger partial charge in [-0.2, -0.15) is 0 Å². The second-order valence-electron chi connectivity index (χ2n) is 5.55. The molecular formula is C17H19N3O2. The van der Waals surface area contributed by atoms with Crippen LogP contribution in [0.3, 0.4) is 0 Å². The number of benzene rings is 1. The van der Waals surface area contributed by atoms with Gasteiger partial charge < -0.3 is 15.8 Å². The number of carbonyl (C=O) groups excluding carboxylic acids is 1. The molecule has 2 aromatic rings. The first-order valence-corrected chi connectivity index (χ1v) is 7.46. The highest BCUT2D eigenvalue weighted by Gasteiger charge is 2.28. The van der Waals surface area contributed by atoms with Gasteiger partial charge in [0.25, 0.3) is 0 Å². The summed E-state index contributed by atoms with van der Waals surface area (Å²) in [6.45, 7) is 0. The molecule has 0 saturated heterocycles. The number of ether oxygens (including phenoxy) is 1. The highest BCUT2D eigenvalue weighted by Crippen LogP contribution is 2.30. The van der Waals surface area contributed by atoms with Gasteiger partial charge in [-0.25, -0.2) is 0 Å².